The molecule has 0 bridgehead atoms. The molecule has 1 radical (unpaired) electrons. The van der Waals surface area contributed by atoms with E-state index in [1.807, 2.05) is 0 Å². The molecule has 0 aromatic carbocycles. The molecule has 0 spiro atoms. The first-order valence-corrected chi connectivity index (χ1v) is 2.14. The summed E-state index contributed by atoms with van der Waals surface area (Å²) in [7, 11) is 3.23. The van der Waals surface area contributed by atoms with Crippen LogP contribution < -0.4 is 0 Å². The fourth-order valence-electron chi connectivity index (χ4n) is 0.236. The fraction of sp³-hybridized carbons (Fsp3) is 0.800. The van der Waals surface area contributed by atoms with Gasteiger partial charge in [0.1, 0.15) is 0 Å². The highest BCUT2D eigenvalue weighted by Crippen LogP contribution is 1.88. The highest BCUT2D eigenvalue weighted by Gasteiger charge is 1.85. The summed E-state index contributed by atoms with van der Waals surface area (Å²) in [4.78, 5) is 0. The van der Waals surface area contributed by atoms with E-state index < -0.39 is 0 Å². The first-order chi connectivity index (χ1) is 2.77. The van der Waals surface area contributed by atoms with Crippen LogP contribution in [0.3, 0.4) is 0 Å². The Morgan fingerprint density at radius 1 is 1.67 bits per heavy atom. The van der Waals surface area contributed by atoms with Crippen molar-refractivity contribution in [3.63, 3.8) is 0 Å². The van der Waals surface area contributed by atoms with Gasteiger partial charge in [0.25, 0.3) is 0 Å². The minimum absolute atomic E-state index is 0.613. The highest BCUT2D eigenvalue weighted by molar-refractivity contribution is 4.36. The summed E-state index contributed by atoms with van der Waals surface area (Å²) in [5, 5.41) is 0. The van der Waals surface area contributed by atoms with Gasteiger partial charge in [-0.2, -0.15) is 0 Å². The van der Waals surface area contributed by atoms with Crippen molar-refractivity contribution in [3.05, 3.63) is 7.11 Å². The van der Waals surface area contributed by atoms with Gasteiger partial charge in [0.05, 0.1) is 7.11 Å². The molecule has 1 heteroatoms. The maximum Gasteiger partial charge on any atom is 0.0700 e. The van der Waals surface area contributed by atoms with Crippen molar-refractivity contribution in [2.75, 3.05) is 6.61 Å². The van der Waals surface area contributed by atoms with E-state index in [4.69, 9.17) is 0 Å². The van der Waals surface area contributed by atoms with Crippen molar-refractivity contribution in [1.82, 2.24) is 0 Å². The lowest BCUT2D eigenvalue weighted by atomic mass is 10.2. The molecule has 0 heterocycles. The first kappa shape index (κ1) is 5.96. The normalized spacial score (nSPS) is 10.0. The van der Waals surface area contributed by atoms with E-state index in [1.165, 1.54) is 0 Å². The van der Waals surface area contributed by atoms with E-state index in [-0.39, 0.29) is 0 Å². The molecule has 0 fully saturated rings. The third kappa shape index (κ3) is 3.96. The summed E-state index contributed by atoms with van der Waals surface area (Å²) in [5.41, 5.74) is 0. The minimum atomic E-state index is 0.613. The summed E-state index contributed by atoms with van der Waals surface area (Å²) >= 11 is 0. The zero-order valence-electron chi connectivity index (χ0n) is 4.40. The van der Waals surface area contributed by atoms with Gasteiger partial charge in [0.2, 0.25) is 0 Å². The molecule has 0 saturated carbocycles. The Labute approximate surface area is 39.3 Å². The Bertz CT molecular complexity index is 25.1. The molecule has 0 saturated heterocycles. The Hall–Kier alpha value is -0.0400. The van der Waals surface area contributed by atoms with Gasteiger partial charge in [-0.3, -0.25) is 0 Å². The van der Waals surface area contributed by atoms with Crippen LogP contribution in [-0.4, -0.2) is 6.61 Å². The fourth-order valence-corrected chi connectivity index (χ4v) is 0.236. The molecule has 0 atom stereocenters. The van der Waals surface area contributed by atoms with Crippen LogP contribution in [0.25, 0.3) is 0 Å². The van der Waals surface area contributed by atoms with Crippen LogP contribution in [0.2, 0.25) is 0 Å². The van der Waals surface area contributed by atoms with E-state index in [9.17, 15) is 0 Å². The molecule has 0 aromatic heterocycles. The van der Waals surface area contributed by atoms with Crippen LogP contribution in [0.1, 0.15) is 13.8 Å². The third-order valence-corrected chi connectivity index (χ3v) is 0.451. The zero-order valence-corrected chi connectivity index (χ0v) is 4.40. The van der Waals surface area contributed by atoms with Crippen molar-refractivity contribution in [1.29, 1.82) is 0 Å². The number of ether oxygens (including phenoxy) is 1. The predicted octanol–water partition coefficient (Wildman–Crippen LogP) is 1.45. The average molecular weight is 87.1 g/mol. The standard InChI is InChI=1S/C5H11O/c1-5(2)4-6-3/h5H,3-4H2,1-2H3. The number of hydrogen-bond donors (Lipinski definition) is 0. The summed E-state index contributed by atoms with van der Waals surface area (Å²) in [6.07, 6.45) is 0. The monoisotopic (exact) mass is 87.1 g/mol. The van der Waals surface area contributed by atoms with Gasteiger partial charge in [0, 0.05) is 6.61 Å². The van der Waals surface area contributed by atoms with E-state index in [1.54, 1.807) is 0 Å². The average Bonchev–Trinajstić information content (AvgIpc) is 1.35. The largest absolute Gasteiger partial charge is 0.379 e. The maximum atomic E-state index is 4.55. The van der Waals surface area contributed by atoms with Gasteiger partial charge in [-0.15, -0.1) is 0 Å². The van der Waals surface area contributed by atoms with Gasteiger partial charge in [-0.25, -0.2) is 0 Å². The molecule has 0 aliphatic heterocycles. The molecule has 0 unspecified atom stereocenters. The van der Waals surface area contributed by atoms with Gasteiger partial charge >= 0.3 is 0 Å². The number of rotatable bonds is 2. The molecular formula is C5H11O. The Balaban J connectivity index is 2.63. The Morgan fingerprint density at radius 3 is 2.17 bits per heavy atom. The van der Waals surface area contributed by atoms with E-state index in [0.717, 1.165) is 6.61 Å². The van der Waals surface area contributed by atoms with Crippen LogP contribution in [0.15, 0.2) is 0 Å². The van der Waals surface area contributed by atoms with Crippen molar-refractivity contribution >= 4 is 0 Å². The van der Waals surface area contributed by atoms with Crippen molar-refractivity contribution in [2.24, 2.45) is 5.92 Å². The van der Waals surface area contributed by atoms with Crippen LogP contribution in [0.5, 0.6) is 0 Å². The Morgan fingerprint density at radius 2 is 2.17 bits per heavy atom. The molecule has 37 valence electrons. The van der Waals surface area contributed by atoms with Gasteiger partial charge < -0.3 is 4.74 Å². The maximum absolute atomic E-state index is 4.55. The van der Waals surface area contributed by atoms with Crippen LogP contribution in [-0.2, 0) is 4.74 Å². The second-order valence-corrected chi connectivity index (χ2v) is 1.76. The lowest BCUT2D eigenvalue weighted by Crippen LogP contribution is -1.94. The molecule has 6 heavy (non-hydrogen) atoms. The minimum Gasteiger partial charge on any atom is -0.379 e. The molecule has 0 amide bonds. The number of hydrogen-bond acceptors (Lipinski definition) is 1. The summed E-state index contributed by atoms with van der Waals surface area (Å²) < 4.78 is 4.55. The quantitative estimate of drug-likeness (QED) is 0.495. The van der Waals surface area contributed by atoms with E-state index in [2.05, 4.69) is 25.7 Å². The highest BCUT2D eigenvalue weighted by atomic mass is 16.5. The van der Waals surface area contributed by atoms with Crippen LogP contribution >= 0.6 is 0 Å². The van der Waals surface area contributed by atoms with Crippen molar-refractivity contribution in [2.45, 2.75) is 13.8 Å². The van der Waals surface area contributed by atoms with Crippen LogP contribution in [0, 0.1) is 13.0 Å². The van der Waals surface area contributed by atoms with Crippen molar-refractivity contribution in [3.8, 4) is 0 Å². The first-order valence-electron chi connectivity index (χ1n) is 2.14. The van der Waals surface area contributed by atoms with E-state index in [0.29, 0.717) is 5.92 Å². The van der Waals surface area contributed by atoms with Gasteiger partial charge in [0.15, 0.2) is 0 Å². The van der Waals surface area contributed by atoms with Crippen molar-refractivity contribution < 1.29 is 4.74 Å². The second-order valence-electron chi connectivity index (χ2n) is 1.76. The molecule has 0 aliphatic rings. The summed E-state index contributed by atoms with van der Waals surface area (Å²) in [6, 6.07) is 0. The Kier molecular flexibility index (Phi) is 3.14. The summed E-state index contributed by atoms with van der Waals surface area (Å²) in [5.74, 6) is 0.613. The molecule has 0 rings (SSSR count). The smallest absolute Gasteiger partial charge is 0.0700 e. The predicted molar refractivity (Wildman–Crippen MR) is 26.1 cm³/mol. The van der Waals surface area contributed by atoms with Crippen LogP contribution in [0.4, 0.5) is 0 Å². The molecule has 1 nitrogen and oxygen atoms in total. The third-order valence-electron chi connectivity index (χ3n) is 0.451. The second kappa shape index (κ2) is 3.16. The topological polar surface area (TPSA) is 9.23 Å². The summed E-state index contributed by atoms with van der Waals surface area (Å²) in [6.45, 7) is 4.94. The lowest BCUT2D eigenvalue weighted by Gasteiger charge is -1.97. The molecule has 0 aromatic rings. The zero-order chi connectivity index (χ0) is 4.99. The van der Waals surface area contributed by atoms with Gasteiger partial charge in [-0.05, 0) is 5.92 Å². The molecule has 0 N–H and O–H groups in total. The lowest BCUT2D eigenvalue weighted by molar-refractivity contribution is 0.205. The SMILES string of the molecule is [CH2]OCC(C)C. The van der Waals surface area contributed by atoms with Gasteiger partial charge in [-0.1, -0.05) is 13.8 Å². The molecule has 0 aliphatic carbocycles. The molecular weight excluding hydrogens is 76.1 g/mol. The van der Waals surface area contributed by atoms with E-state index >= 15 is 0 Å².